The Labute approximate surface area is 130 Å². The van der Waals surface area contributed by atoms with Gasteiger partial charge in [0.05, 0.1) is 0 Å². The molecule has 118 valence electrons. The zero-order chi connectivity index (χ0) is 15.1. The van der Waals surface area contributed by atoms with Crippen molar-refractivity contribution in [1.29, 1.82) is 0 Å². The molecule has 3 heteroatoms. The summed E-state index contributed by atoms with van der Waals surface area (Å²) in [6.45, 7) is 2.32. The fraction of sp³-hybridized carbons (Fsp3) is 0.667. The first-order valence-electron chi connectivity index (χ1n) is 8.63. The zero-order valence-electron chi connectivity index (χ0n) is 13.2. The molecule has 0 nitrogen and oxygen atoms in total. The highest BCUT2D eigenvalue weighted by atomic mass is 28.2. The second-order valence-electron chi connectivity index (χ2n) is 6.67. The molecule has 21 heavy (non-hydrogen) atoms. The molecular formula is C18H28F2Si. The van der Waals surface area contributed by atoms with Crippen molar-refractivity contribution in [2.75, 3.05) is 0 Å². The highest BCUT2D eigenvalue weighted by molar-refractivity contribution is 6.35. The van der Waals surface area contributed by atoms with Crippen LogP contribution in [-0.2, 0) is 6.42 Å². The van der Waals surface area contributed by atoms with Crippen LogP contribution in [0, 0.1) is 23.5 Å². The third kappa shape index (κ3) is 5.53. The van der Waals surface area contributed by atoms with Gasteiger partial charge < -0.3 is 0 Å². The Kier molecular flexibility index (Phi) is 6.88. The van der Waals surface area contributed by atoms with Gasteiger partial charge >= 0.3 is 0 Å². The molecule has 0 bridgehead atoms. The van der Waals surface area contributed by atoms with E-state index in [1.807, 2.05) is 0 Å². The highest BCUT2D eigenvalue weighted by Crippen LogP contribution is 2.34. The fourth-order valence-electron chi connectivity index (χ4n) is 3.56. The molecule has 0 heterocycles. The van der Waals surface area contributed by atoms with E-state index in [2.05, 4.69) is 6.92 Å². The molecule has 1 aromatic carbocycles. The van der Waals surface area contributed by atoms with Crippen LogP contribution < -0.4 is 0 Å². The van der Waals surface area contributed by atoms with Crippen molar-refractivity contribution in [2.45, 2.75) is 64.0 Å². The Morgan fingerprint density at radius 1 is 1.00 bits per heavy atom. The smallest absolute Gasteiger partial charge is 0.159 e. The van der Waals surface area contributed by atoms with E-state index >= 15 is 0 Å². The standard InChI is InChI=1S/C18H28F2Si/c1-2-21-12-11-15-5-3-14(4-6-15)7-8-16-9-10-17(19)18(20)13-16/h9-10,13-15H,2-8,11-12,21H2,1H3. The van der Waals surface area contributed by atoms with Crippen LogP contribution in [0.5, 0.6) is 0 Å². The Bertz CT molecular complexity index is 425. The van der Waals surface area contributed by atoms with Crippen molar-refractivity contribution >= 4 is 9.52 Å². The van der Waals surface area contributed by atoms with E-state index in [0.29, 0.717) is 0 Å². The molecular weight excluding hydrogens is 282 g/mol. The van der Waals surface area contributed by atoms with Gasteiger partial charge in [-0.05, 0) is 42.4 Å². The molecule has 2 rings (SSSR count). The van der Waals surface area contributed by atoms with Gasteiger partial charge in [0.2, 0.25) is 0 Å². The van der Waals surface area contributed by atoms with Gasteiger partial charge in [-0.25, -0.2) is 8.78 Å². The molecule has 1 saturated carbocycles. The molecule has 1 fully saturated rings. The minimum Gasteiger partial charge on any atom is -0.204 e. The third-order valence-electron chi connectivity index (χ3n) is 5.01. The molecule has 0 aromatic heterocycles. The molecule has 0 unspecified atom stereocenters. The van der Waals surface area contributed by atoms with Gasteiger partial charge in [-0.3, -0.25) is 0 Å². The van der Waals surface area contributed by atoms with Gasteiger partial charge in [-0.2, -0.15) is 0 Å². The van der Waals surface area contributed by atoms with Crippen molar-refractivity contribution in [3.05, 3.63) is 35.4 Å². The van der Waals surface area contributed by atoms with Gasteiger partial charge in [-0.1, -0.05) is 57.2 Å². The van der Waals surface area contributed by atoms with Crippen LogP contribution in [0.1, 0.15) is 51.0 Å². The first-order valence-corrected chi connectivity index (χ1v) is 10.6. The Hall–Kier alpha value is -0.703. The van der Waals surface area contributed by atoms with Gasteiger partial charge in [0, 0.05) is 9.52 Å². The van der Waals surface area contributed by atoms with E-state index in [1.165, 1.54) is 56.3 Å². The number of hydrogen-bond acceptors (Lipinski definition) is 0. The Morgan fingerprint density at radius 2 is 1.67 bits per heavy atom. The van der Waals surface area contributed by atoms with E-state index in [9.17, 15) is 8.78 Å². The van der Waals surface area contributed by atoms with Gasteiger partial charge in [0.15, 0.2) is 11.6 Å². The predicted octanol–water partition coefficient (Wildman–Crippen LogP) is 5.12. The molecule has 0 amide bonds. The summed E-state index contributed by atoms with van der Waals surface area (Å²) in [6, 6.07) is 7.30. The van der Waals surface area contributed by atoms with E-state index in [-0.39, 0.29) is 9.52 Å². The van der Waals surface area contributed by atoms with E-state index in [1.54, 1.807) is 6.07 Å². The summed E-state index contributed by atoms with van der Waals surface area (Å²) < 4.78 is 26.1. The molecule has 1 aliphatic rings. The van der Waals surface area contributed by atoms with Crippen molar-refractivity contribution in [3.8, 4) is 0 Å². The molecule has 0 aliphatic heterocycles. The summed E-state index contributed by atoms with van der Waals surface area (Å²) in [7, 11) is 0.246. The van der Waals surface area contributed by atoms with Crippen LogP contribution in [0.3, 0.4) is 0 Å². The molecule has 1 aliphatic carbocycles. The first kappa shape index (κ1) is 16.7. The van der Waals surface area contributed by atoms with Crippen LogP contribution in [-0.4, -0.2) is 9.52 Å². The maximum atomic E-state index is 13.2. The van der Waals surface area contributed by atoms with Crippen LogP contribution >= 0.6 is 0 Å². The summed E-state index contributed by atoms with van der Waals surface area (Å²) in [5.41, 5.74) is 0.935. The minimum atomic E-state index is -0.741. The second-order valence-corrected chi connectivity index (χ2v) is 9.08. The van der Waals surface area contributed by atoms with E-state index in [4.69, 9.17) is 0 Å². The lowest BCUT2D eigenvalue weighted by atomic mass is 9.78. The summed E-state index contributed by atoms with van der Waals surface area (Å²) in [6.07, 6.45) is 8.93. The number of rotatable bonds is 7. The average molecular weight is 311 g/mol. The SMILES string of the molecule is CC[SiH2]CCC1CCC(CCc2ccc(F)c(F)c2)CC1. The lowest BCUT2D eigenvalue weighted by molar-refractivity contribution is 0.258. The van der Waals surface area contributed by atoms with Crippen molar-refractivity contribution in [1.82, 2.24) is 0 Å². The molecule has 0 spiro atoms. The van der Waals surface area contributed by atoms with Crippen LogP contribution in [0.4, 0.5) is 8.78 Å². The molecule has 0 saturated heterocycles. The predicted molar refractivity (Wildman–Crippen MR) is 88.6 cm³/mol. The quantitative estimate of drug-likeness (QED) is 0.484. The Balaban J connectivity index is 1.67. The lowest BCUT2D eigenvalue weighted by Gasteiger charge is -2.28. The maximum absolute atomic E-state index is 13.2. The maximum Gasteiger partial charge on any atom is 0.159 e. The van der Waals surface area contributed by atoms with Crippen molar-refractivity contribution in [2.24, 2.45) is 11.8 Å². The number of aryl methyl sites for hydroxylation is 1. The van der Waals surface area contributed by atoms with E-state index in [0.717, 1.165) is 30.2 Å². The van der Waals surface area contributed by atoms with Crippen LogP contribution in [0.25, 0.3) is 0 Å². The number of halogens is 2. The summed E-state index contributed by atoms with van der Waals surface area (Å²) in [4.78, 5) is 0. The van der Waals surface area contributed by atoms with Crippen LogP contribution in [0.2, 0.25) is 12.1 Å². The highest BCUT2D eigenvalue weighted by Gasteiger charge is 2.20. The molecule has 0 radical (unpaired) electrons. The summed E-state index contributed by atoms with van der Waals surface area (Å²) >= 11 is 0. The minimum absolute atomic E-state index is 0.246. The lowest BCUT2D eigenvalue weighted by Crippen LogP contribution is -2.15. The van der Waals surface area contributed by atoms with Gasteiger partial charge in [0.1, 0.15) is 0 Å². The molecule has 0 N–H and O–H groups in total. The first-order chi connectivity index (χ1) is 10.2. The fourth-order valence-corrected chi connectivity index (χ4v) is 4.92. The third-order valence-corrected chi connectivity index (χ3v) is 6.62. The number of benzene rings is 1. The largest absolute Gasteiger partial charge is 0.204 e. The molecule has 0 atom stereocenters. The van der Waals surface area contributed by atoms with Crippen molar-refractivity contribution < 1.29 is 8.78 Å². The van der Waals surface area contributed by atoms with Crippen molar-refractivity contribution in [3.63, 3.8) is 0 Å². The average Bonchev–Trinajstić information content (AvgIpc) is 2.50. The zero-order valence-corrected chi connectivity index (χ0v) is 14.6. The Morgan fingerprint density at radius 3 is 2.29 bits per heavy atom. The van der Waals surface area contributed by atoms with E-state index < -0.39 is 11.6 Å². The van der Waals surface area contributed by atoms with Gasteiger partial charge in [-0.15, -0.1) is 0 Å². The number of hydrogen-bond donors (Lipinski definition) is 0. The topological polar surface area (TPSA) is 0 Å². The monoisotopic (exact) mass is 310 g/mol. The van der Waals surface area contributed by atoms with Gasteiger partial charge in [0.25, 0.3) is 0 Å². The normalized spacial score (nSPS) is 23.0. The second kappa shape index (κ2) is 8.67. The molecule has 1 aromatic rings. The van der Waals surface area contributed by atoms with Crippen LogP contribution in [0.15, 0.2) is 18.2 Å². The summed E-state index contributed by atoms with van der Waals surface area (Å²) in [5.74, 6) is 0.313. The summed E-state index contributed by atoms with van der Waals surface area (Å²) in [5, 5.41) is 0.